The van der Waals surface area contributed by atoms with E-state index in [1.165, 1.54) is 6.07 Å². The van der Waals surface area contributed by atoms with Gasteiger partial charge in [-0.2, -0.15) is 0 Å². The van der Waals surface area contributed by atoms with E-state index < -0.39 is 34.8 Å². The highest BCUT2D eigenvalue weighted by Gasteiger charge is 2.22. The summed E-state index contributed by atoms with van der Waals surface area (Å²) in [5.74, 6) is -9.99. The molecule has 0 unspecified atom stereocenters. The van der Waals surface area contributed by atoms with Crippen LogP contribution in [0.2, 0.25) is 0 Å². The van der Waals surface area contributed by atoms with Crippen LogP contribution in [0.3, 0.4) is 0 Å². The van der Waals surface area contributed by atoms with Gasteiger partial charge in [-0.05, 0) is 0 Å². The lowest BCUT2D eigenvalue weighted by molar-refractivity contribution is 0.0689. The molecular weight excluding hydrogens is 192 g/mol. The zero-order valence-electron chi connectivity index (χ0n) is 5.87. The van der Waals surface area contributed by atoms with Gasteiger partial charge in [0.2, 0.25) is 0 Å². The van der Waals surface area contributed by atoms with E-state index in [2.05, 4.69) is 0 Å². The van der Waals surface area contributed by atoms with Gasteiger partial charge in [-0.1, -0.05) is 0 Å². The van der Waals surface area contributed by atoms with E-state index in [9.17, 15) is 22.4 Å². The first-order valence-corrected chi connectivity index (χ1v) is 2.93. The van der Waals surface area contributed by atoms with Crippen molar-refractivity contribution < 1.29 is 27.5 Å². The summed E-state index contributed by atoms with van der Waals surface area (Å²) in [6, 6.07) is 1.23. The zero-order chi connectivity index (χ0) is 10.2. The highest BCUT2D eigenvalue weighted by molar-refractivity contribution is 5.87. The molecule has 0 saturated carbocycles. The monoisotopic (exact) mass is 193 g/mol. The Morgan fingerprint density at radius 2 is 1.62 bits per heavy atom. The molecule has 1 rings (SSSR count). The summed E-state index contributed by atoms with van der Waals surface area (Å²) in [5, 5.41) is 8.18. The third-order valence-corrected chi connectivity index (χ3v) is 1.25. The Kier molecular flexibility index (Phi) is 2.22. The van der Waals surface area contributed by atoms with Crippen molar-refractivity contribution in [2.45, 2.75) is 0 Å². The highest BCUT2D eigenvalue weighted by Crippen LogP contribution is 2.17. The number of halogens is 4. The first-order valence-electron chi connectivity index (χ1n) is 2.93. The van der Waals surface area contributed by atoms with Crippen molar-refractivity contribution in [2.75, 3.05) is 0 Å². The Labute approximate surface area is 69.4 Å². The van der Waals surface area contributed by atoms with Crippen molar-refractivity contribution in [3.8, 4) is 0 Å². The second kappa shape index (κ2) is 3.04. The lowest BCUT2D eigenvalue weighted by Crippen LogP contribution is -2.07. The molecule has 2 nitrogen and oxygen atoms in total. The average molecular weight is 193 g/mol. The van der Waals surface area contributed by atoms with Crippen LogP contribution >= 0.6 is 0 Å². The molecule has 0 spiro atoms. The predicted octanol–water partition coefficient (Wildman–Crippen LogP) is 1.74. The van der Waals surface area contributed by atoms with Crippen LogP contribution in [0.5, 0.6) is 0 Å². The molecule has 0 atom stereocenters. The lowest BCUT2D eigenvalue weighted by atomic mass is 10.2. The van der Waals surface area contributed by atoms with Gasteiger partial charge in [-0.15, -0.1) is 0 Å². The van der Waals surface area contributed by atoms with Gasteiger partial charge in [0.25, 0.3) is 0 Å². The van der Waals surface area contributed by atoms with Gasteiger partial charge in [0.05, 0.1) is 0 Å². The van der Waals surface area contributed by atoms with Gasteiger partial charge in [-0.3, -0.25) is 0 Å². The minimum atomic E-state index is -2.16. The fourth-order valence-electron chi connectivity index (χ4n) is 0.669. The largest absolute Gasteiger partial charge is 0.478 e. The van der Waals surface area contributed by atoms with Crippen molar-refractivity contribution in [3.63, 3.8) is 0 Å². The Hall–Kier alpha value is -1.59. The SMILES string of the molecule is O=C(O)c1[c]c(F)c(F)c(F)c1F. The van der Waals surface area contributed by atoms with Crippen molar-refractivity contribution in [1.82, 2.24) is 0 Å². The van der Waals surface area contributed by atoms with E-state index in [1.807, 2.05) is 0 Å². The second-order valence-corrected chi connectivity index (χ2v) is 2.06. The summed E-state index contributed by atoms with van der Waals surface area (Å²) in [7, 11) is 0. The number of hydrogen-bond acceptors (Lipinski definition) is 1. The van der Waals surface area contributed by atoms with Gasteiger partial charge in [0.1, 0.15) is 5.56 Å². The minimum absolute atomic E-state index is 1.23. The molecule has 6 heteroatoms. The number of carboxylic acid groups (broad SMARTS) is 1. The van der Waals surface area contributed by atoms with Gasteiger partial charge in [-0.25, -0.2) is 22.4 Å². The van der Waals surface area contributed by atoms with Gasteiger partial charge >= 0.3 is 5.97 Å². The minimum Gasteiger partial charge on any atom is -0.478 e. The maximum absolute atomic E-state index is 12.5. The fourth-order valence-corrected chi connectivity index (χ4v) is 0.669. The molecule has 0 saturated heterocycles. The molecule has 0 bridgehead atoms. The van der Waals surface area contributed by atoms with E-state index in [0.29, 0.717) is 0 Å². The summed E-state index contributed by atoms with van der Waals surface area (Å²) in [6.07, 6.45) is 0. The average Bonchev–Trinajstić information content (AvgIpc) is 2.07. The number of carboxylic acids is 1. The molecule has 13 heavy (non-hydrogen) atoms. The smallest absolute Gasteiger partial charge is 0.339 e. The quantitative estimate of drug-likeness (QED) is 0.419. The second-order valence-electron chi connectivity index (χ2n) is 2.06. The topological polar surface area (TPSA) is 37.3 Å². The third-order valence-electron chi connectivity index (χ3n) is 1.25. The van der Waals surface area contributed by atoms with E-state index in [4.69, 9.17) is 5.11 Å². The number of rotatable bonds is 1. The summed E-state index contributed by atoms with van der Waals surface area (Å²) < 4.78 is 49.3. The maximum Gasteiger partial charge on any atom is 0.339 e. The molecule has 1 N–H and O–H groups in total. The van der Waals surface area contributed by atoms with Crippen molar-refractivity contribution >= 4 is 5.97 Å². The van der Waals surface area contributed by atoms with E-state index >= 15 is 0 Å². The van der Waals surface area contributed by atoms with Crippen LogP contribution in [0.25, 0.3) is 0 Å². The van der Waals surface area contributed by atoms with Crippen molar-refractivity contribution in [2.24, 2.45) is 0 Å². The molecule has 0 amide bonds. The molecule has 1 aromatic rings. The number of aromatic carboxylic acids is 1. The molecule has 0 aliphatic rings. The first kappa shape index (κ1) is 9.50. The number of benzene rings is 1. The molecule has 0 aliphatic heterocycles. The summed E-state index contributed by atoms with van der Waals surface area (Å²) in [4.78, 5) is 10.1. The Morgan fingerprint density at radius 3 is 2.08 bits per heavy atom. The van der Waals surface area contributed by atoms with Gasteiger partial charge in [0, 0.05) is 6.07 Å². The molecule has 1 radical (unpaired) electrons. The Bertz CT molecular complexity index is 375. The normalized spacial score (nSPS) is 10.2. The zero-order valence-corrected chi connectivity index (χ0v) is 5.87. The van der Waals surface area contributed by atoms with Crippen LogP contribution in [0.1, 0.15) is 10.4 Å². The third kappa shape index (κ3) is 1.47. The van der Waals surface area contributed by atoms with Gasteiger partial charge < -0.3 is 5.11 Å². The molecule has 69 valence electrons. The molecule has 1 aromatic carbocycles. The number of hydrogen-bond donors (Lipinski definition) is 1. The Morgan fingerprint density at radius 1 is 1.08 bits per heavy atom. The summed E-state index contributed by atoms with van der Waals surface area (Å²) >= 11 is 0. The molecule has 0 fully saturated rings. The first-order chi connectivity index (χ1) is 5.95. The van der Waals surface area contributed by atoms with Crippen LogP contribution in [0, 0.1) is 29.3 Å². The molecule has 0 heterocycles. The Balaban J connectivity index is 3.50. The predicted molar refractivity (Wildman–Crippen MR) is 32.1 cm³/mol. The van der Waals surface area contributed by atoms with Gasteiger partial charge in [0.15, 0.2) is 23.3 Å². The summed E-state index contributed by atoms with van der Waals surface area (Å²) in [6.45, 7) is 0. The van der Waals surface area contributed by atoms with E-state index in [-0.39, 0.29) is 0 Å². The fraction of sp³-hybridized carbons (Fsp3) is 0. The van der Waals surface area contributed by atoms with Crippen LogP contribution < -0.4 is 0 Å². The highest BCUT2D eigenvalue weighted by atomic mass is 19.2. The van der Waals surface area contributed by atoms with Crippen LogP contribution in [-0.4, -0.2) is 11.1 Å². The van der Waals surface area contributed by atoms with Crippen molar-refractivity contribution in [1.29, 1.82) is 0 Å². The standard InChI is InChI=1S/C7HF4O2/c8-3-1-2(7(12)13)4(9)6(11)5(3)10/h(H,12,13). The van der Waals surface area contributed by atoms with E-state index in [1.54, 1.807) is 0 Å². The van der Waals surface area contributed by atoms with E-state index in [0.717, 1.165) is 0 Å². The van der Waals surface area contributed by atoms with Crippen LogP contribution in [-0.2, 0) is 0 Å². The molecular formula is C7HF4O2. The lowest BCUT2D eigenvalue weighted by Gasteiger charge is -1.99. The maximum atomic E-state index is 12.5. The van der Waals surface area contributed by atoms with Crippen LogP contribution in [0.4, 0.5) is 17.6 Å². The summed E-state index contributed by atoms with van der Waals surface area (Å²) in [5.41, 5.74) is -1.36. The molecule has 0 aliphatic carbocycles. The van der Waals surface area contributed by atoms with Crippen molar-refractivity contribution in [3.05, 3.63) is 34.9 Å². The van der Waals surface area contributed by atoms with Crippen LogP contribution in [0.15, 0.2) is 0 Å². The molecule has 0 aromatic heterocycles. The number of carbonyl (C=O) groups is 1.